The van der Waals surface area contributed by atoms with Crippen molar-refractivity contribution in [2.24, 2.45) is 11.8 Å². The van der Waals surface area contributed by atoms with Crippen LogP contribution in [0.2, 0.25) is 5.02 Å². The van der Waals surface area contributed by atoms with Gasteiger partial charge in [-0.25, -0.2) is 9.80 Å². The zero-order valence-corrected chi connectivity index (χ0v) is 29.3. The Kier molecular flexibility index (Phi) is 13.7. The van der Waals surface area contributed by atoms with Crippen molar-refractivity contribution in [3.8, 4) is 11.1 Å². The molecule has 0 aliphatic carbocycles. The molecule has 8 nitrogen and oxygen atoms in total. The normalized spacial score (nSPS) is 20.5. The first-order chi connectivity index (χ1) is 23.4. The van der Waals surface area contributed by atoms with Gasteiger partial charge in [0.15, 0.2) is 0 Å². The maximum Gasteiger partial charge on any atom is 0.331 e. The summed E-state index contributed by atoms with van der Waals surface area (Å²) in [7, 11) is 3.40. The highest BCUT2D eigenvalue weighted by Crippen LogP contribution is 2.40. The summed E-state index contributed by atoms with van der Waals surface area (Å²) in [6.45, 7) is 4.93. The Hall–Kier alpha value is -2.98. The predicted octanol–water partition coefficient (Wildman–Crippen LogP) is 7.04. The van der Waals surface area contributed by atoms with Gasteiger partial charge in [0.25, 0.3) is 0 Å². The van der Waals surface area contributed by atoms with Crippen LogP contribution in [0, 0.1) is 11.8 Å². The van der Waals surface area contributed by atoms with Crippen molar-refractivity contribution >= 4 is 17.6 Å². The minimum absolute atomic E-state index is 0.0678. The highest BCUT2D eigenvalue weighted by atomic mass is 35.5. The van der Waals surface area contributed by atoms with Crippen molar-refractivity contribution in [1.29, 1.82) is 0 Å². The molecular weight excluding hydrogens is 624 g/mol. The zero-order valence-electron chi connectivity index (χ0n) is 28.6. The molecule has 0 aromatic heterocycles. The molecule has 260 valence electrons. The number of nitrogens with zero attached hydrogens (tertiary/aromatic N) is 2. The van der Waals surface area contributed by atoms with Crippen molar-refractivity contribution in [3.63, 3.8) is 0 Å². The smallest absolute Gasteiger partial charge is 0.331 e. The fraction of sp³-hybridized carbons (Fsp3) is 0.513. The Bertz CT molecular complexity index is 1420. The summed E-state index contributed by atoms with van der Waals surface area (Å²) in [4.78, 5) is 13.5. The van der Waals surface area contributed by atoms with Crippen LogP contribution in [0.1, 0.15) is 62.2 Å². The molecule has 2 aliphatic rings. The number of hydrazine groups is 1. The van der Waals surface area contributed by atoms with Crippen LogP contribution in [-0.2, 0) is 15.1 Å². The number of piperidine rings is 2. The van der Waals surface area contributed by atoms with E-state index in [4.69, 9.17) is 21.1 Å². The lowest BCUT2D eigenvalue weighted by Crippen LogP contribution is -2.54. The molecule has 2 amide bonds. The quantitative estimate of drug-likeness (QED) is 0.150. The second-order valence-corrected chi connectivity index (χ2v) is 13.6. The number of benzene rings is 3. The number of hydrogen-bond acceptors (Lipinski definition) is 6. The molecular formula is C39H53ClN4O4. The molecule has 2 fully saturated rings. The fourth-order valence-corrected chi connectivity index (χ4v) is 7.77. The van der Waals surface area contributed by atoms with E-state index in [1.165, 1.54) is 16.7 Å². The van der Waals surface area contributed by atoms with Gasteiger partial charge in [-0.2, -0.15) is 0 Å². The molecule has 0 bridgehead atoms. The molecule has 3 aromatic carbocycles. The van der Waals surface area contributed by atoms with Gasteiger partial charge in [-0.15, -0.1) is 0 Å². The zero-order chi connectivity index (χ0) is 33.8. The largest absolute Gasteiger partial charge is 0.385 e. The average Bonchev–Trinajstić information content (AvgIpc) is 3.14. The van der Waals surface area contributed by atoms with Crippen LogP contribution < -0.4 is 10.6 Å². The number of hydrogen-bond donors (Lipinski definition) is 3. The molecule has 0 spiro atoms. The van der Waals surface area contributed by atoms with Crippen molar-refractivity contribution in [2.75, 3.05) is 60.1 Å². The van der Waals surface area contributed by atoms with Crippen LogP contribution in [-0.4, -0.2) is 81.3 Å². The van der Waals surface area contributed by atoms with Gasteiger partial charge in [-0.05, 0) is 85.9 Å². The van der Waals surface area contributed by atoms with Crippen LogP contribution in [0.25, 0.3) is 11.1 Å². The molecule has 9 heteroatoms. The highest BCUT2D eigenvalue weighted by molar-refractivity contribution is 6.30. The molecule has 2 aliphatic heterocycles. The number of halogens is 1. The minimum atomic E-state index is -1.04. The lowest BCUT2D eigenvalue weighted by atomic mass is 9.74. The first kappa shape index (κ1) is 36.3. The lowest BCUT2D eigenvalue weighted by Gasteiger charge is -2.43. The summed E-state index contributed by atoms with van der Waals surface area (Å²) in [5.74, 6) is 0.244. The first-order valence-corrected chi connectivity index (χ1v) is 18.0. The standard InChI is InChI=1S/C39H53ClN4O4/c1-41-38(45)44(24-11-21-39(46,33-17-9-22-42-28-33)32-16-8-18-34(40)27-32)43-23-10-15-31(29-43)37(48-26-12-25-47-2)36-20-7-6-19-35(36)30-13-4-3-5-14-30/h3-8,13-14,16,18-20,27,31,33,37,42,46H,9-12,15,17,21-26,28-29H2,1-2H3,(H,41,45)/t31-,33-,37?,39-/m1/s1. The first-order valence-electron chi connectivity index (χ1n) is 17.6. The van der Waals surface area contributed by atoms with Crippen LogP contribution in [0.4, 0.5) is 4.79 Å². The number of carbonyl (C=O) groups is 1. The van der Waals surface area contributed by atoms with Crippen molar-refractivity contribution in [1.82, 2.24) is 20.7 Å². The number of rotatable bonds is 15. The molecule has 1 unspecified atom stereocenters. The topological polar surface area (TPSA) is 86.3 Å². The number of carbonyl (C=O) groups excluding carboxylic acids is 1. The third-order valence-corrected chi connectivity index (χ3v) is 10.3. The van der Waals surface area contributed by atoms with Gasteiger partial charge >= 0.3 is 6.03 Å². The maximum absolute atomic E-state index is 13.5. The second kappa shape index (κ2) is 18.1. The van der Waals surface area contributed by atoms with E-state index in [0.29, 0.717) is 44.2 Å². The van der Waals surface area contributed by atoms with Crippen LogP contribution >= 0.6 is 11.6 Å². The van der Waals surface area contributed by atoms with Crippen molar-refractivity contribution in [3.05, 3.63) is 95.0 Å². The van der Waals surface area contributed by atoms with E-state index >= 15 is 0 Å². The number of methoxy groups -OCH3 is 1. The average molecular weight is 677 g/mol. The summed E-state index contributed by atoms with van der Waals surface area (Å²) in [5, 5.41) is 23.3. The molecule has 2 heterocycles. The SMILES string of the molecule is CNC(=O)N(CCC[C@@](O)(c1cccc(Cl)c1)[C@@H]1CCCNC1)N1CCC[C@@H](C(OCCCOC)c2ccccc2-c2ccccc2)C1. The van der Waals surface area contributed by atoms with E-state index in [1.807, 2.05) is 35.3 Å². The van der Waals surface area contributed by atoms with Crippen LogP contribution in [0.15, 0.2) is 78.9 Å². The highest BCUT2D eigenvalue weighted by Gasteiger charge is 2.40. The molecule has 48 heavy (non-hydrogen) atoms. The molecule has 2 saturated heterocycles. The van der Waals surface area contributed by atoms with Gasteiger partial charge in [0.05, 0.1) is 11.7 Å². The van der Waals surface area contributed by atoms with Gasteiger partial charge in [0.1, 0.15) is 0 Å². The molecule has 4 atom stereocenters. The summed E-state index contributed by atoms with van der Waals surface area (Å²) in [5.41, 5.74) is 3.32. The lowest BCUT2D eigenvalue weighted by molar-refractivity contribution is -0.0752. The molecule has 3 aromatic rings. The Morgan fingerprint density at radius 2 is 1.88 bits per heavy atom. The summed E-state index contributed by atoms with van der Waals surface area (Å²) < 4.78 is 12.0. The van der Waals surface area contributed by atoms with E-state index in [2.05, 4.69) is 64.2 Å². The Balaban J connectivity index is 1.35. The maximum atomic E-state index is 13.5. The molecule has 0 saturated carbocycles. The Labute approximate surface area is 291 Å². The van der Waals surface area contributed by atoms with Gasteiger partial charge < -0.3 is 25.2 Å². The van der Waals surface area contributed by atoms with E-state index in [-0.39, 0.29) is 24.0 Å². The van der Waals surface area contributed by atoms with E-state index in [9.17, 15) is 9.90 Å². The summed E-state index contributed by atoms with van der Waals surface area (Å²) >= 11 is 6.40. The summed E-state index contributed by atoms with van der Waals surface area (Å²) in [6.07, 6.45) is 5.76. The van der Waals surface area contributed by atoms with E-state index < -0.39 is 5.60 Å². The molecule has 5 rings (SSSR count). The number of amides is 2. The predicted molar refractivity (Wildman–Crippen MR) is 193 cm³/mol. The number of nitrogens with one attached hydrogen (secondary N) is 2. The number of urea groups is 1. The number of ether oxygens (including phenoxy) is 2. The van der Waals surface area contributed by atoms with Gasteiger partial charge in [0.2, 0.25) is 0 Å². The van der Waals surface area contributed by atoms with Crippen molar-refractivity contribution < 1.29 is 19.4 Å². The third-order valence-electron chi connectivity index (χ3n) is 10.0. The van der Waals surface area contributed by atoms with E-state index in [0.717, 1.165) is 57.3 Å². The van der Waals surface area contributed by atoms with E-state index in [1.54, 1.807) is 14.2 Å². The van der Waals surface area contributed by atoms with Gasteiger partial charge in [-0.3, -0.25) is 5.01 Å². The minimum Gasteiger partial charge on any atom is -0.385 e. The monoisotopic (exact) mass is 676 g/mol. The molecule has 3 N–H and O–H groups in total. The second-order valence-electron chi connectivity index (χ2n) is 13.2. The van der Waals surface area contributed by atoms with Gasteiger partial charge in [0, 0.05) is 70.4 Å². The van der Waals surface area contributed by atoms with Gasteiger partial charge in [-0.1, -0.05) is 78.3 Å². The molecule has 0 radical (unpaired) electrons. The third kappa shape index (κ3) is 9.17. The fourth-order valence-electron chi connectivity index (χ4n) is 7.57. The van der Waals surface area contributed by atoms with Crippen LogP contribution in [0.5, 0.6) is 0 Å². The Morgan fingerprint density at radius 1 is 1.06 bits per heavy atom. The Morgan fingerprint density at radius 3 is 2.62 bits per heavy atom. The number of aliphatic hydroxyl groups is 1. The summed E-state index contributed by atoms with van der Waals surface area (Å²) in [6, 6.07) is 26.5. The van der Waals surface area contributed by atoms with Crippen molar-refractivity contribution in [2.45, 2.75) is 56.7 Å². The van der Waals surface area contributed by atoms with Crippen LogP contribution in [0.3, 0.4) is 0 Å².